The van der Waals surface area contributed by atoms with E-state index >= 15 is 0 Å². The molecule has 20 heavy (non-hydrogen) atoms. The van der Waals surface area contributed by atoms with Crippen LogP contribution in [-0.2, 0) is 9.59 Å². The van der Waals surface area contributed by atoms with Gasteiger partial charge in [-0.05, 0) is 24.9 Å². The Kier molecular flexibility index (Phi) is 6.63. The number of amides is 3. The summed E-state index contributed by atoms with van der Waals surface area (Å²) in [5.41, 5.74) is 0. The summed E-state index contributed by atoms with van der Waals surface area (Å²) in [6.45, 7) is 2.37. The van der Waals surface area contributed by atoms with E-state index in [0.29, 0.717) is 31.7 Å². The maximum atomic E-state index is 12.0. The number of aliphatic carboxylic acids is 1. The molecule has 0 aromatic rings. The molecule has 3 amide bonds. The van der Waals surface area contributed by atoms with Crippen molar-refractivity contribution in [2.75, 3.05) is 25.1 Å². The van der Waals surface area contributed by atoms with Gasteiger partial charge in [-0.2, -0.15) is 11.8 Å². The lowest BCUT2D eigenvalue weighted by Crippen LogP contribution is -2.48. The molecule has 0 aliphatic carbocycles. The van der Waals surface area contributed by atoms with E-state index in [9.17, 15) is 14.4 Å². The number of hydrogen-bond donors (Lipinski definition) is 3. The number of nitrogens with zero attached hydrogens (tertiary/aromatic N) is 1. The predicted octanol–water partition coefficient (Wildman–Crippen LogP) is 0.113. The van der Waals surface area contributed by atoms with Gasteiger partial charge in [0.25, 0.3) is 0 Å². The van der Waals surface area contributed by atoms with Gasteiger partial charge in [0.15, 0.2) is 0 Å². The molecule has 1 aliphatic rings. The van der Waals surface area contributed by atoms with Gasteiger partial charge in [-0.3, -0.25) is 4.79 Å². The SMILES string of the molecule is CSCC[C@H](NC(=O)N1CCC(NC(C)=O)C1)C(=O)O. The molecule has 1 heterocycles. The highest BCUT2D eigenvalue weighted by atomic mass is 32.2. The summed E-state index contributed by atoms with van der Waals surface area (Å²) in [5, 5.41) is 14.3. The monoisotopic (exact) mass is 303 g/mol. The third-order valence-electron chi connectivity index (χ3n) is 3.09. The number of nitrogens with one attached hydrogen (secondary N) is 2. The third kappa shape index (κ3) is 5.28. The molecule has 0 bridgehead atoms. The van der Waals surface area contributed by atoms with Gasteiger partial charge in [-0.15, -0.1) is 0 Å². The summed E-state index contributed by atoms with van der Waals surface area (Å²) in [7, 11) is 0. The van der Waals surface area contributed by atoms with Gasteiger partial charge in [0, 0.05) is 26.1 Å². The van der Waals surface area contributed by atoms with Crippen molar-refractivity contribution in [1.82, 2.24) is 15.5 Å². The first-order valence-corrected chi connectivity index (χ1v) is 7.87. The van der Waals surface area contributed by atoms with E-state index in [0.717, 1.165) is 0 Å². The number of thioether (sulfide) groups is 1. The Labute approximate surface area is 122 Å². The number of likely N-dealkylation sites (tertiary alicyclic amines) is 1. The molecule has 1 saturated heterocycles. The van der Waals surface area contributed by atoms with Crippen molar-refractivity contribution in [1.29, 1.82) is 0 Å². The first-order chi connectivity index (χ1) is 9.43. The van der Waals surface area contributed by atoms with Gasteiger partial charge in [-0.1, -0.05) is 0 Å². The Morgan fingerprint density at radius 2 is 2.15 bits per heavy atom. The fourth-order valence-corrected chi connectivity index (χ4v) is 2.55. The average Bonchev–Trinajstić information content (AvgIpc) is 2.81. The summed E-state index contributed by atoms with van der Waals surface area (Å²) in [4.78, 5) is 35.5. The first kappa shape index (κ1) is 16.6. The first-order valence-electron chi connectivity index (χ1n) is 6.48. The van der Waals surface area contributed by atoms with Crippen molar-refractivity contribution in [3.8, 4) is 0 Å². The standard InChI is InChI=1S/C12H21N3O4S/c1-8(16)13-9-3-5-15(7-9)12(19)14-10(11(17)18)4-6-20-2/h9-10H,3-7H2,1-2H3,(H,13,16)(H,14,19)(H,17,18)/t9?,10-/m0/s1. The Balaban J connectivity index is 2.45. The van der Waals surface area contributed by atoms with Gasteiger partial charge >= 0.3 is 12.0 Å². The molecule has 7 nitrogen and oxygen atoms in total. The van der Waals surface area contributed by atoms with Crippen LogP contribution in [0.15, 0.2) is 0 Å². The summed E-state index contributed by atoms with van der Waals surface area (Å²) in [6.07, 6.45) is 2.97. The predicted molar refractivity (Wildman–Crippen MR) is 76.7 cm³/mol. The Morgan fingerprint density at radius 3 is 2.70 bits per heavy atom. The molecular weight excluding hydrogens is 282 g/mol. The van der Waals surface area contributed by atoms with E-state index in [2.05, 4.69) is 10.6 Å². The van der Waals surface area contributed by atoms with E-state index in [1.807, 2.05) is 6.26 Å². The number of urea groups is 1. The maximum absolute atomic E-state index is 12.0. The highest BCUT2D eigenvalue weighted by Crippen LogP contribution is 2.10. The van der Waals surface area contributed by atoms with Crippen LogP contribution >= 0.6 is 11.8 Å². The molecule has 8 heteroatoms. The van der Waals surface area contributed by atoms with Gasteiger partial charge in [0.1, 0.15) is 6.04 Å². The molecule has 1 fully saturated rings. The van der Waals surface area contributed by atoms with Crippen LogP contribution in [0, 0.1) is 0 Å². The molecule has 3 N–H and O–H groups in total. The van der Waals surface area contributed by atoms with Crippen LogP contribution in [-0.4, -0.2) is 65.1 Å². The summed E-state index contributed by atoms with van der Waals surface area (Å²) < 4.78 is 0. The van der Waals surface area contributed by atoms with Crippen molar-refractivity contribution in [2.45, 2.75) is 31.8 Å². The van der Waals surface area contributed by atoms with Crippen LogP contribution in [0.5, 0.6) is 0 Å². The number of carbonyl (C=O) groups is 3. The summed E-state index contributed by atoms with van der Waals surface area (Å²) in [5.74, 6) is -0.475. The second-order valence-corrected chi connectivity index (χ2v) is 5.74. The van der Waals surface area contributed by atoms with E-state index in [4.69, 9.17) is 5.11 Å². The smallest absolute Gasteiger partial charge is 0.326 e. The topological polar surface area (TPSA) is 98.7 Å². The van der Waals surface area contributed by atoms with Crippen LogP contribution < -0.4 is 10.6 Å². The lowest BCUT2D eigenvalue weighted by molar-refractivity contribution is -0.139. The van der Waals surface area contributed by atoms with E-state index < -0.39 is 12.0 Å². The summed E-state index contributed by atoms with van der Waals surface area (Å²) in [6, 6.07) is -1.30. The maximum Gasteiger partial charge on any atom is 0.326 e. The van der Waals surface area contributed by atoms with Crippen LogP contribution in [0.2, 0.25) is 0 Å². The van der Waals surface area contributed by atoms with Crippen molar-refractivity contribution >= 4 is 29.7 Å². The van der Waals surface area contributed by atoms with E-state index in [-0.39, 0.29) is 18.0 Å². The molecule has 0 saturated carbocycles. The largest absolute Gasteiger partial charge is 0.480 e. The lowest BCUT2D eigenvalue weighted by atomic mass is 10.2. The fraction of sp³-hybridized carbons (Fsp3) is 0.750. The van der Waals surface area contributed by atoms with Gasteiger partial charge < -0.3 is 20.6 Å². The minimum absolute atomic E-state index is 0.0484. The Bertz CT molecular complexity index is 378. The summed E-state index contributed by atoms with van der Waals surface area (Å²) >= 11 is 1.54. The van der Waals surface area contributed by atoms with Gasteiger partial charge in [-0.25, -0.2) is 9.59 Å². The van der Waals surface area contributed by atoms with Crippen molar-refractivity contribution in [3.63, 3.8) is 0 Å². The van der Waals surface area contributed by atoms with Crippen LogP contribution in [0.4, 0.5) is 4.79 Å². The number of hydrogen-bond acceptors (Lipinski definition) is 4. The molecule has 1 aliphatic heterocycles. The quantitative estimate of drug-likeness (QED) is 0.647. The van der Waals surface area contributed by atoms with Gasteiger partial charge in [0.05, 0.1) is 0 Å². The number of carbonyl (C=O) groups excluding carboxylic acids is 2. The average molecular weight is 303 g/mol. The molecule has 114 valence electrons. The molecular formula is C12H21N3O4S. The molecule has 0 aromatic heterocycles. The second kappa shape index (κ2) is 7.98. The van der Waals surface area contributed by atoms with Crippen molar-refractivity contribution < 1.29 is 19.5 Å². The minimum atomic E-state index is -1.02. The number of carboxylic acid groups (broad SMARTS) is 1. The van der Waals surface area contributed by atoms with Gasteiger partial charge in [0.2, 0.25) is 5.91 Å². The van der Waals surface area contributed by atoms with E-state index in [1.165, 1.54) is 23.6 Å². The molecule has 2 atom stereocenters. The van der Waals surface area contributed by atoms with Crippen LogP contribution in [0.3, 0.4) is 0 Å². The molecule has 0 spiro atoms. The minimum Gasteiger partial charge on any atom is -0.480 e. The van der Waals surface area contributed by atoms with Crippen molar-refractivity contribution in [2.24, 2.45) is 0 Å². The third-order valence-corrected chi connectivity index (χ3v) is 3.73. The number of carboxylic acids is 1. The Morgan fingerprint density at radius 1 is 1.45 bits per heavy atom. The normalized spacial score (nSPS) is 19.5. The Hall–Kier alpha value is -1.44. The molecule has 0 aromatic carbocycles. The molecule has 0 radical (unpaired) electrons. The van der Waals surface area contributed by atoms with Crippen LogP contribution in [0.1, 0.15) is 19.8 Å². The highest BCUT2D eigenvalue weighted by molar-refractivity contribution is 7.98. The highest BCUT2D eigenvalue weighted by Gasteiger charge is 2.29. The zero-order valence-corrected chi connectivity index (χ0v) is 12.5. The van der Waals surface area contributed by atoms with Crippen LogP contribution in [0.25, 0.3) is 0 Å². The zero-order chi connectivity index (χ0) is 15.1. The fourth-order valence-electron chi connectivity index (χ4n) is 2.08. The second-order valence-electron chi connectivity index (χ2n) is 4.75. The number of rotatable bonds is 6. The molecule has 1 unspecified atom stereocenters. The lowest BCUT2D eigenvalue weighted by Gasteiger charge is -2.21. The van der Waals surface area contributed by atoms with E-state index in [1.54, 1.807) is 0 Å². The molecule has 1 rings (SSSR count). The zero-order valence-electron chi connectivity index (χ0n) is 11.7. The van der Waals surface area contributed by atoms with Crippen molar-refractivity contribution in [3.05, 3.63) is 0 Å².